The van der Waals surface area contributed by atoms with Gasteiger partial charge in [0.2, 0.25) is 0 Å². The third-order valence-corrected chi connectivity index (χ3v) is 3.25. The molecule has 1 heterocycles. The number of halogens is 3. The molecule has 1 aliphatic rings. The van der Waals surface area contributed by atoms with E-state index in [9.17, 15) is 13.2 Å². The molecule has 0 atom stereocenters. The second-order valence-electron chi connectivity index (χ2n) is 4.76. The highest BCUT2D eigenvalue weighted by Gasteiger charge is 2.25. The van der Waals surface area contributed by atoms with Gasteiger partial charge in [0.15, 0.2) is 0 Å². The van der Waals surface area contributed by atoms with E-state index in [1.165, 1.54) is 12.1 Å². The molecular formula is C13H16F3N. The van der Waals surface area contributed by atoms with Crippen LogP contribution >= 0.6 is 0 Å². The first-order valence-electron chi connectivity index (χ1n) is 5.84. The molecule has 1 aromatic rings. The maximum absolute atomic E-state index is 13.6. The molecule has 0 spiro atoms. The predicted molar refractivity (Wildman–Crippen MR) is 60.6 cm³/mol. The summed E-state index contributed by atoms with van der Waals surface area (Å²) in [7, 11) is 0. The second kappa shape index (κ2) is 4.69. The third-order valence-electron chi connectivity index (χ3n) is 3.25. The van der Waals surface area contributed by atoms with E-state index >= 15 is 0 Å². The molecular weight excluding hydrogens is 227 g/mol. The minimum Gasteiger partial charge on any atom is -0.316 e. The normalized spacial score (nSPS) is 16.9. The van der Waals surface area contributed by atoms with Crippen LogP contribution in [0, 0.1) is 11.7 Å². The molecule has 4 heteroatoms. The van der Waals surface area contributed by atoms with Crippen LogP contribution in [0.15, 0.2) is 18.2 Å². The van der Waals surface area contributed by atoms with Gasteiger partial charge in [-0.1, -0.05) is 12.1 Å². The van der Waals surface area contributed by atoms with E-state index in [1.807, 2.05) is 0 Å². The fourth-order valence-corrected chi connectivity index (χ4v) is 1.94. The molecule has 0 aromatic heterocycles. The SMILES string of the molecule is CC(F)(F)c1ccc(CCC2CNC2)c(F)c1. The molecule has 1 nitrogen and oxygen atoms in total. The van der Waals surface area contributed by atoms with Crippen LogP contribution in [-0.4, -0.2) is 13.1 Å². The molecule has 94 valence electrons. The van der Waals surface area contributed by atoms with Crippen molar-refractivity contribution in [2.75, 3.05) is 13.1 Å². The van der Waals surface area contributed by atoms with Crippen molar-refractivity contribution >= 4 is 0 Å². The molecule has 0 aliphatic carbocycles. The van der Waals surface area contributed by atoms with Gasteiger partial charge >= 0.3 is 0 Å². The second-order valence-corrected chi connectivity index (χ2v) is 4.76. The van der Waals surface area contributed by atoms with Crippen LogP contribution in [0.25, 0.3) is 0 Å². The van der Waals surface area contributed by atoms with Crippen LogP contribution in [-0.2, 0) is 12.3 Å². The summed E-state index contributed by atoms with van der Waals surface area (Å²) in [5, 5.41) is 3.15. The van der Waals surface area contributed by atoms with E-state index in [0.717, 1.165) is 32.5 Å². The van der Waals surface area contributed by atoms with Crippen molar-refractivity contribution in [3.63, 3.8) is 0 Å². The first-order chi connectivity index (χ1) is 7.97. The van der Waals surface area contributed by atoms with Gasteiger partial charge in [-0.15, -0.1) is 0 Å². The number of alkyl halides is 2. The molecule has 0 bridgehead atoms. The highest BCUT2D eigenvalue weighted by Crippen LogP contribution is 2.28. The summed E-state index contributed by atoms with van der Waals surface area (Å²) in [5.74, 6) is -2.89. The van der Waals surface area contributed by atoms with Gasteiger partial charge in [-0.25, -0.2) is 13.2 Å². The number of aryl methyl sites for hydroxylation is 1. The molecule has 1 N–H and O–H groups in total. The Labute approximate surface area is 99.0 Å². The van der Waals surface area contributed by atoms with Gasteiger partial charge in [-0.05, 0) is 43.5 Å². The zero-order valence-electron chi connectivity index (χ0n) is 9.77. The Balaban J connectivity index is 2.03. The highest BCUT2D eigenvalue weighted by atomic mass is 19.3. The number of rotatable bonds is 4. The largest absolute Gasteiger partial charge is 0.316 e. The third kappa shape index (κ3) is 3.00. The average molecular weight is 243 g/mol. The van der Waals surface area contributed by atoms with E-state index in [1.54, 1.807) is 0 Å². The number of nitrogens with one attached hydrogen (secondary N) is 1. The quantitative estimate of drug-likeness (QED) is 0.856. The monoisotopic (exact) mass is 243 g/mol. The maximum Gasteiger partial charge on any atom is 0.270 e. The van der Waals surface area contributed by atoms with Gasteiger partial charge < -0.3 is 5.32 Å². The van der Waals surface area contributed by atoms with Crippen LogP contribution in [0.2, 0.25) is 0 Å². The fraction of sp³-hybridized carbons (Fsp3) is 0.538. The first-order valence-corrected chi connectivity index (χ1v) is 5.84. The van der Waals surface area contributed by atoms with E-state index in [4.69, 9.17) is 0 Å². The van der Waals surface area contributed by atoms with Crippen LogP contribution < -0.4 is 5.32 Å². The summed E-state index contributed by atoms with van der Waals surface area (Å²) >= 11 is 0. The fourth-order valence-electron chi connectivity index (χ4n) is 1.94. The van der Waals surface area contributed by atoms with Crippen molar-refractivity contribution < 1.29 is 13.2 Å². The van der Waals surface area contributed by atoms with Gasteiger partial charge in [-0.3, -0.25) is 0 Å². The lowest BCUT2D eigenvalue weighted by atomic mass is 9.94. The molecule has 1 aromatic carbocycles. The van der Waals surface area contributed by atoms with E-state index in [2.05, 4.69) is 5.32 Å². The molecule has 0 amide bonds. The minimum atomic E-state index is -2.97. The van der Waals surface area contributed by atoms with Crippen molar-refractivity contribution in [1.29, 1.82) is 0 Å². The zero-order chi connectivity index (χ0) is 12.5. The van der Waals surface area contributed by atoms with Crippen molar-refractivity contribution in [3.8, 4) is 0 Å². The topological polar surface area (TPSA) is 12.0 Å². The van der Waals surface area contributed by atoms with Crippen molar-refractivity contribution in [3.05, 3.63) is 35.1 Å². The van der Waals surface area contributed by atoms with Crippen LogP contribution in [0.5, 0.6) is 0 Å². The Bertz CT molecular complexity index is 394. The molecule has 1 fully saturated rings. The molecule has 2 rings (SSSR count). The predicted octanol–water partition coefficient (Wildman–Crippen LogP) is 3.09. The highest BCUT2D eigenvalue weighted by molar-refractivity contribution is 5.27. The molecule has 0 saturated carbocycles. The standard InChI is InChI=1S/C13H16F3N/c1-13(15,16)11-5-4-10(12(14)6-11)3-2-9-7-17-8-9/h4-6,9,17H,2-3,7-8H2,1H3. The summed E-state index contributed by atoms with van der Waals surface area (Å²) in [4.78, 5) is 0. The van der Waals surface area contributed by atoms with E-state index in [-0.39, 0.29) is 5.56 Å². The Morgan fingerprint density at radius 1 is 1.35 bits per heavy atom. The van der Waals surface area contributed by atoms with Crippen LogP contribution in [0.3, 0.4) is 0 Å². The van der Waals surface area contributed by atoms with Gasteiger partial charge in [0.25, 0.3) is 5.92 Å². The van der Waals surface area contributed by atoms with Crippen molar-refractivity contribution in [2.45, 2.75) is 25.7 Å². The molecule has 1 aliphatic heterocycles. The van der Waals surface area contributed by atoms with Gasteiger partial charge in [0.05, 0.1) is 0 Å². The Hall–Kier alpha value is -1.03. The van der Waals surface area contributed by atoms with Gasteiger partial charge in [0, 0.05) is 12.5 Å². The Kier molecular flexibility index (Phi) is 3.43. The summed E-state index contributed by atoms with van der Waals surface area (Å²) in [5.41, 5.74) is 0.272. The van der Waals surface area contributed by atoms with Gasteiger partial charge in [-0.2, -0.15) is 0 Å². The lowest BCUT2D eigenvalue weighted by Gasteiger charge is -2.27. The molecule has 17 heavy (non-hydrogen) atoms. The Morgan fingerprint density at radius 2 is 2.06 bits per heavy atom. The zero-order valence-corrected chi connectivity index (χ0v) is 9.77. The van der Waals surface area contributed by atoms with Crippen molar-refractivity contribution in [1.82, 2.24) is 5.32 Å². The average Bonchev–Trinajstić information content (AvgIpc) is 2.16. The van der Waals surface area contributed by atoms with E-state index < -0.39 is 11.7 Å². The molecule has 0 unspecified atom stereocenters. The summed E-state index contributed by atoms with van der Waals surface area (Å²) in [6, 6.07) is 3.75. The Morgan fingerprint density at radius 3 is 2.53 bits per heavy atom. The summed E-state index contributed by atoms with van der Waals surface area (Å²) in [6.45, 7) is 2.74. The van der Waals surface area contributed by atoms with Crippen LogP contribution in [0.4, 0.5) is 13.2 Å². The maximum atomic E-state index is 13.6. The molecule has 1 saturated heterocycles. The number of hydrogen-bond acceptors (Lipinski definition) is 1. The molecule has 0 radical (unpaired) electrons. The first kappa shape index (κ1) is 12.4. The smallest absolute Gasteiger partial charge is 0.270 e. The number of hydrogen-bond donors (Lipinski definition) is 1. The summed E-state index contributed by atoms with van der Waals surface area (Å²) < 4.78 is 39.5. The lowest BCUT2D eigenvalue weighted by Crippen LogP contribution is -2.42. The van der Waals surface area contributed by atoms with Crippen molar-refractivity contribution in [2.24, 2.45) is 5.92 Å². The van der Waals surface area contributed by atoms with E-state index in [0.29, 0.717) is 17.9 Å². The number of benzene rings is 1. The van der Waals surface area contributed by atoms with Gasteiger partial charge in [0.1, 0.15) is 5.82 Å². The lowest BCUT2D eigenvalue weighted by molar-refractivity contribution is 0.0171. The minimum absolute atomic E-state index is 0.260. The van der Waals surface area contributed by atoms with Crippen LogP contribution in [0.1, 0.15) is 24.5 Å². The summed E-state index contributed by atoms with van der Waals surface area (Å²) in [6.07, 6.45) is 1.53.